The van der Waals surface area contributed by atoms with Gasteiger partial charge >= 0.3 is 5.91 Å². The van der Waals surface area contributed by atoms with Gasteiger partial charge in [0.2, 0.25) is 0 Å². The summed E-state index contributed by atoms with van der Waals surface area (Å²) < 4.78 is 12.0. The van der Waals surface area contributed by atoms with Gasteiger partial charge in [-0.3, -0.25) is 20.4 Å². The van der Waals surface area contributed by atoms with Gasteiger partial charge < -0.3 is 31.5 Å². The van der Waals surface area contributed by atoms with Crippen LogP contribution in [0.3, 0.4) is 0 Å². The lowest BCUT2D eigenvalue weighted by Crippen LogP contribution is -2.48. The fraction of sp³-hybridized carbons (Fsp3) is 0.269. The number of anilines is 1. The molecule has 2 aromatic carbocycles. The predicted molar refractivity (Wildman–Crippen MR) is 138 cm³/mol. The molecule has 1 atom stereocenters. The topological polar surface area (TPSA) is 168 Å². The Balaban J connectivity index is 1.89. The van der Waals surface area contributed by atoms with Crippen molar-refractivity contribution < 1.29 is 23.8 Å². The molecule has 3 aromatic rings. The maximum atomic E-state index is 13.3. The molecule has 0 radical (unpaired) electrons. The SMILES string of the molecule is CCOc1cc(C(Nc2ccc(C(N)N)cc2)C(=O)NNC(=O)c2cccc[n+]2[O-])ccc1OC(C)C. The van der Waals surface area contributed by atoms with Crippen LogP contribution in [0.2, 0.25) is 0 Å². The minimum absolute atomic E-state index is 0.0771. The van der Waals surface area contributed by atoms with Gasteiger partial charge in [-0.05, 0) is 62.2 Å². The Bertz CT molecular complexity index is 1220. The molecule has 2 amide bonds. The van der Waals surface area contributed by atoms with E-state index in [9.17, 15) is 14.8 Å². The summed E-state index contributed by atoms with van der Waals surface area (Å²) in [6.07, 6.45) is 0.479. The maximum Gasteiger partial charge on any atom is 0.335 e. The molecule has 0 aliphatic rings. The van der Waals surface area contributed by atoms with Crippen LogP contribution in [0.15, 0.2) is 66.9 Å². The highest BCUT2D eigenvalue weighted by Crippen LogP contribution is 2.33. The van der Waals surface area contributed by atoms with Gasteiger partial charge in [-0.2, -0.15) is 4.73 Å². The number of hydrazine groups is 1. The summed E-state index contributed by atoms with van der Waals surface area (Å²) in [4.78, 5) is 25.7. The first-order chi connectivity index (χ1) is 17.7. The molecule has 11 nitrogen and oxygen atoms in total. The van der Waals surface area contributed by atoms with Crippen molar-refractivity contribution in [2.24, 2.45) is 11.5 Å². The lowest BCUT2D eigenvalue weighted by atomic mass is 10.0. The molecule has 0 saturated heterocycles. The zero-order valence-electron chi connectivity index (χ0n) is 20.9. The number of hydrogen-bond donors (Lipinski definition) is 5. The molecule has 0 aliphatic carbocycles. The third-order valence-electron chi connectivity index (χ3n) is 5.19. The Morgan fingerprint density at radius 1 is 0.973 bits per heavy atom. The lowest BCUT2D eigenvalue weighted by Gasteiger charge is -2.22. The zero-order valence-corrected chi connectivity index (χ0v) is 20.9. The van der Waals surface area contributed by atoms with Crippen LogP contribution >= 0.6 is 0 Å². The van der Waals surface area contributed by atoms with Crippen molar-refractivity contribution in [1.82, 2.24) is 10.9 Å². The molecule has 0 fully saturated rings. The number of nitrogens with zero attached hydrogens (tertiary/aromatic N) is 1. The van der Waals surface area contributed by atoms with E-state index in [0.29, 0.717) is 34.1 Å². The molecule has 37 heavy (non-hydrogen) atoms. The van der Waals surface area contributed by atoms with Crippen LogP contribution in [0.1, 0.15) is 54.6 Å². The first-order valence-electron chi connectivity index (χ1n) is 11.8. The van der Waals surface area contributed by atoms with E-state index in [-0.39, 0.29) is 11.8 Å². The van der Waals surface area contributed by atoms with Gasteiger partial charge in [0.05, 0.1) is 18.9 Å². The molecule has 0 spiro atoms. The third-order valence-corrected chi connectivity index (χ3v) is 5.19. The summed E-state index contributed by atoms with van der Waals surface area (Å²) in [5, 5.41) is 15.0. The number of ether oxygens (including phenoxy) is 2. The van der Waals surface area contributed by atoms with Gasteiger partial charge in [-0.15, -0.1) is 0 Å². The van der Waals surface area contributed by atoms with Crippen LogP contribution in [0.4, 0.5) is 5.69 Å². The molecular weight excluding hydrogens is 476 g/mol. The van der Waals surface area contributed by atoms with Gasteiger partial charge in [0.1, 0.15) is 6.04 Å². The summed E-state index contributed by atoms with van der Waals surface area (Å²) in [6, 6.07) is 15.6. The molecule has 1 unspecified atom stereocenters. The smallest absolute Gasteiger partial charge is 0.335 e. The number of benzene rings is 2. The van der Waals surface area contributed by atoms with Crippen LogP contribution in [-0.2, 0) is 4.79 Å². The Kier molecular flexibility index (Phi) is 9.25. The first-order valence-corrected chi connectivity index (χ1v) is 11.8. The number of carbonyl (C=O) groups is 2. The van der Waals surface area contributed by atoms with E-state index in [0.717, 1.165) is 5.56 Å². The van der Waals surface area contributed by atoms with Crippen molar-refractivity contribution in [2.45, 2.75) is 39.1 Å². The molecule has 1 aromatic heterocycles. The Morgan fingerprint density at radius 3 is 2.30 bits per heavy atom. The first kappa shape index (κ1) is 27.2. The fourth-order valence-electron chi connectivity index (χ4n) is 3.45. The number of rotatable bonds is 10. The van der Waals surface area contributed by atoms with E-state index in [1.165, 1.54) is 18.3 Å². The largest absolute Gasteiger partial charge is 0.618 e. The van der Waals surface area contributed by atoms with Crippen molar-refractivity contribution in [3.05, 3.63) is 88.9 Å². The van der Waals surface area contributed by atoms with Crippen molar-refractivity contribution in [2.75, 3.05) is 11.9 Å². The van der Waals surface area contributed by atoms with Crippen LogP contribution in [-0.4, -0.2) is 24.5 Å². The predicted octanol–water partition coefficient (Wildman–Crippen LogP) is 2.04. The van der Waals surface area contributed by atoms with E-state index in [1.54, 1.807) is 48.5 Å². The molecule has 7 N–H and O–H groups in total. The summed E-state index contributed by atoms with van der Waals surface area (Å²) in [5.41, 5.74) is 17.8. The number of amides is 2. The average molecular weight is 509 g/mol. The number of hydrogen-bond acceptors (Lipinski definition) is 8. The summed E-state index contributed by atoms with van der Waals surface area (Å²) >= 11 is 0. The minimum Gasteiger partial charge on any atom is -0.618 e. The monoisotopic (exact) mass is 508 g/mol. The number of pyridine rings is 1. The lowest BCUT2D eigenvalue weighted by molar-refractivity contribution is -0.607. The average Bonchev–Trinajstić information content (AvgIpc) is 2.87. The molecule has 11 heteroatoms. The van der Waals surface area contributed by atoms with E-state index in [4.69, 9.17) is 20.9 Å². The Labute approximate surface area is 215 Å². The van der Waals surface area contributed by atoms with Crippen molar-refractivity contribution >= 4 is 17.5 Å². The summed E-state index contributed by atoms with van der Waals surface area (Å²) in [7, 11) is 0. The maximum absolute atomic E-state index is 13.3. The quantitative estimate of drug-likeness (QED) is 0.120. The van der Waals surface area contributed by atoms with Gasteiger partial charge in [0.25, 0.3) is 11.6 Å². The Hall–Kier alpha value is -4.35. The Morgan fingerprint density at radius 2 is 1.68 bits per heavy atom. The highest BCUT2D eigenvalue weighted by molar-refractivity contribution is 5.94. The van der Waals surface area contributed by atoms with Gasteiger partial charge in [-0.25, -0.2) is 0 Å². The van der Waals surface area contributed by atoms with Crippen LogP contribution in [0, 0.1) is 5.21 Å². The van der Waals surface area contributed by atoms with Gasteiger partial charge in [0.15, 0.2) is 17.7 Å². The minimum atomic E-state index is -0.958. The van der Waals surface area contributed by atoms with E-state index in [1.807, 2.05) is 20.8 Å². The molecule has 196 valence electrons. The highest BCUT2D eigenvalue weighted by Gasteiger charge is 2.24. The summed E-state index contributed by atoms with van der Waals surface area (Å²) in [5.74, 6) is -0.335. The molecule has 1 heterocycles. The second-order valence-electron chi connectivity index (χ2n) is 8.39. The second-order valence-corrected chi connectivity index (χ2v) is 8.39. The van der Waals surface area contributed by atoms with Crippen LogP contribution < -0.4 is 41.8 Å². The molecular formula is C26H32N6O5. The fourth-order valence-corrected chi connectivity index (χ4v) is 3.45. The standard InChI is InChI=1S/C26H32N6O5/c1-4-36-22-15-18(10-13-21(22)37-16(2)3)23(29-19-11-8-17(9-12-19)24(27)28)26(34)31-30-25(33)20-7-5-6-14-32(20)35/h5-16,23-24,29H,4,27-28H2,1-3H3,(H,30,33)(H,31,34). The third kappa shape index (κ3) is 7.32. The molecule has 0 aliphatic heterocycles. The van der Waals surface area contributed by atoms with E-state index < -0.39 is 24.0 Å². The number of carbonyl (C=O) groups excluding carboxylic acids is 2. The normalized spacial score (nSPS) is 11.6. The highest BCUT2D eigenvalue weighted by atomic mass is 16.5. The van der Waals surface area contributed by atoms with Crippen molar-refractivity contribution in [3.8, 4) is 11.5 Å². The van der Waals surface area contributed by atoms with Crippen molar-refractivity contribution in [3.63, 3.8) is 0 Å². The van der Waals surface area contributed by atoms with Gasteiger partial charge in [-0.1, -0.05) is 18.2 Å². The number of nitrogens with two attached hydrogens (primary N) is 2. The number of nitrogens with one attached hydrogen (secondary N) is 3. The van der Waals surface area contributed by atoms with Crippen LogP contribution in [0.5, 0.6) is 11.5 Å². The van der Waals surface area contributed by atoms with E-state index >= 15 is 0 Å². The van der Waals surface area contributed by atoms with Gasteiger partial charge in [0, 0.05) is 17.8 Å². The second kappa shape index (κ2) is 12.6. The molecule has 3 rings (SSSR count). The zero-order chi connectivity index (χ0) is 26.9. The van der Waals surface area contributed by atoms with E-state index in [2.05, 4.69) is 16.2 Å². The van der Waals surface area contributed by atoms with Crippen molar-refractivity contribution in [1.29, 1.82) is 0 Å². The number of aromatic nitrogens is 1. The molecule has 0 saturated carbocycles. The molecule has 0 bridgehead atoms. The van der Waals surface area contributed by atoms with Crippen LogP contribution in [0.25, 0.3) is 0 Å². The summed E-state index contributed by atoms with van der Waals surface area (Å²) in [6.45, 7) is 6.05.